The minimum absolute atomic E-state index is 0.0402. The van der Waals surface area contributed by atoms with Gasteiger partial charge in [-0.2, -0.15) is 0 Å². The number of aliphatic hydroxyl groups excluding tert-OH is 5. The number of carbonyl (C=O) groups is 3. The van der Waals surface area contributed by atoms with Crippen molar-refractivity contribution >= 4 is 41.1 Å². The van der Waals surface area contributed by atoms with E-state index in [2.05, 4.69) is 0 Å². The molecule has 0 amide bonds. The number of phenols is 2. The fourth-order valence-corrected chi connectivity index (χ4v) is 9.04. The Balaban J connectivity index is 1.68. The van der Waals surface area contributed by atoms with E-state index in [-0.39, 0.29) is 35.4 Å². The number of rotatable bonds is 13. The van der Waals surface area contributed by atoms with Gasteiger partial charge in [0.25, 0.3) is 0 Å². The Morgan fingerprint density at radius 1 is 0.903 bits per heavy atom. The summed E-state index contributed by atoms with van der Waals surface area (Å²) in [4.78, 5) is 40.6. The lowest BCUT2D eigenvalue weighted by atomic mass is 9.88. The van der Waals surface area contributed by atoms with Crippen molar-refractivity contribution in [2.24, 2.45) is 11.8 Å². The molecule has 2 saturated heterocycles. The minimum Gasteiger partial charge on any atom is -0.505 e. The van der Waals surface area contributed by atoms with E-state index in [4.69, 9.17) is 61.1 Å². The lowest BCUT2D eigenvalue weighted by molar-refractivity contribution is -0.333. The average Bonchev–Trinajstić information content (AvgIpc) is 3.32. The monoisotopic (exact) mass is 1060 g/mol. The first-order valence-corrected chi connectivity index (χ1v) is 24.9. The van der Waals surface area contributed by atoms with Gasteiger partial charge in [0, 0.05) is 19.4 Å². The topological polar surface area (TPSA) is 267 Å². The van der Waals surface area contributed by atoms with Crippen LogP contribution >= 0.6 is 23.2 Å². The summed E-state index contributed by atoms with van der Waals surface area (Å²) in [6, 6.07) is 0. The number of aliphatic hydroxyl groups is 5. The van der Waals surface area contributed by atoms with Crippen LogP contribution in [-0.2, 0) is 53.9 Å². The van der Waals surface area contributed by atoms with Crippen LogP contribution in [0.5, 0.6) is 11.5 Å². The summed E-state index contributed by atoms with van der Waals surface area (Å²) in [5, 5.41) is 76.0. The molecule has 18 nitrogen and oxygen atoms in total. The number of hydrogen-bond acceptors (Lipinski definition) is 18. The van der Waals surface area contributed by atoms with Crippen LogP contribution in [0.2, 0.25) is 10.0 Å². The Kier molecular flexibility index (Phi) is 22.4. The van der Waals surface area contributed by atoms with E-state index in [0.717, 1.165) is 0 Å². The molecule has 4 rings (SSSR count). The van der Waals surface area contributed by atoms with E-state index >= 15 is 0 Å². The molecule has 3 aliphatic heterocycles. The number of ether oxygens (including phenoxy) is 8. The Morgan fingerprint density at radius 3 is 2.17 bits per heavy atom. The highest BCUT2D eigenvalue weighted by atomic mass is 35.5. The van der Waals surface area contributed by atoms with Gasteiger partial charge in [-0.15, -0.1) is 0 Å². The van der Waals surface area contributed by atoms with Gasteiger partial charge in [-0.1, -0.05) is 86.9 Å². The molecule has 404 valence electrons. The van der Waals surface area contributed by atoms with Crippen LogP contribution in [0.1, 0.15) is 111 Å². The van der Waals surface area contributed by atoms with Crippen LogP contribution in [0.25, 0.3) is 0 Å². The number of aromatic hydroxyl groups is 2. The zero-order valence-corrected chi connectivity index (χ0v) is 44.5. The van der Waals surface area contributed by atoms with Crippen molar-refractivity contribution < 1.29 is 88.0 Å². The summed E-state index contributed by atoms with van der Waals surface area (Å²) in [5.74, 6) is -5.00. The Morgan fingerprint density at radius 2 is 1.57 bits per heavy atom. The Labute approximate surface area is 431 Å². The first-order valence-electron chi connectivity index (χ1n) is 24.2. The summed E-state index contributed by atoms with van der Waals surface area (Å²) in [5.41, 5.74) is 0.204. The number of methoxy groups -OCH3 is 1. The number of carbonyl (C=O) groups excluding carboxylic acids is 3. The SMILES string of the molecule is CCc1c(Cl)c(O)c(Cl)c(O)c1C(=O)OC1C(O)C(C)OC(OCC2=CC=CCC(O)C(C)=CC(CC)C(OC3OC(C)(C)C(O)C(O)C3OC(=O)C(C)C)C(C)=CC(C)=CCC(C(C)O)OC2=O)C1OC. The molecule has 2 fully saturated rings. The van der Waals surface area contributed by atoms with E-state index in [1.807, 2.05) is 32.9 Å². The third-order valence-electron chi connectivity index (χ3n) is 13.0. The Bertz CT molecular complexity index is 2220. The van der Waals surface area contributed by atoms with Crippen LogP contribution < -0.4 is 0 Å². The van der Waals surface area contributed by atoms with Gasteiger partial charge in [-0.25, -0.2) is 9.59 Å². The average molecular weight is 1060 g/mol. The summed E-state index contributed by atoms with van der Waals surface area (Å²) >= 11 is 12.3. The van der Waals surface area contributed by atoms with E-state index in [1.165, 1.54) is 33.1 Å². The third-order valence-corrected chi connectivity index (χ3v) is 13.8. The molecule has 7 N–H and O–H groups in total. The molecule has 14 atom stereocenters. The highest BCUT2D eigenvalue weighted by molar-refractivity contribution is 6.39. The second kappa shape index (κ2) is 26.5. The molecule has 3 aliphatic rings. The van der Waals surface area contributed by atoms with Gasteiger partial charge in [0.15, 0.2) is 36.3 Å². The molecule has 0 radical (unpaired) electrons. The molecule has 72 heavy (non-hydrogen) atoms. The predicted molar refractivity (Wildman–Crippen MR) is 265 cm³/mol. The number of hydrogen-bond donors (Lipinski definition) is 7. The molecular formula is C52H74Cl2O18. The van der Waals surface area contributed by atoms with Gasteiger partial charge in [-0.3, -0.25) is 4.79 Å². The predicted octanol–water partition coefficient (Wildman–Crippen LogP) is 6.23. The standard InChI is InChI=1S/C52H74Cl2O18/c1-13-30-22-26(6)33(56)18-16-15-17-31(23-66-50-45(65-12)43(38(57)29(9)67-50)69-49(64)35-32(14-2)36(53)40(59)37(54)39(35)58)48(63)68-34(28(8)55)20-19-25(5)21-27(7)42(30)71-51-44(70-47(62)24(3)4)41(60)46(61)52(10,11)72-51/h15-17,19,21-22,24,28-30,33-34,38,41-46,50-51,55-61H,13-14,18,20,23H2,1-12H3. The second-order valence-electron chi connectivity index (χ2n) is 19.4. The molecule has 1 aromatic carbocycles. The lowest BCUT2D eigenvalue weighted by Gasteiger charge is -2.47. The molecule has 0 spiro atoms. The van der Waals surface area contributed by atoms with E-state index in [0.29, 0.717) is 23.1 Å². The number of esters is 3. The zero-order valence-electron chi connectivity index (χ0n) is 43.0. The van der Waals surface area contributed by atoms with Crippen molar-refractivity contribution in [1.82, 2.24) is 0 Å². The first-order chi connectivity index (χ1) is 33.7. The molecule has 3 heterocycles. The summed E-state index contributed by atoms with van der Waals surface area (Å²) in [6.07, 6.45) is -5.60. The van der Waals surface area contributed by atoms with Crippen LogP contribution in [0.4, 0.5) is 0 Å². The van der Waals surface area contributed by atoms with Crippen LogP contribution in [0.3, 0.4) is 0 Å². The highest BCUT2D eigenvalue weighted by Crippen LogP contribution is 2.45. The van der Waals surface area contributed by atoms with Gasteiger partial charge < -0.3 is 73.6 Å². The van der Waals surface area contributed by atoms with E-state index < -0.39 is 144 Å². The number of cyclic esters (lactones) is 1. The van der Waals surface area contributed by atoms with Crippen LogP contribution in [-0.4, -0.2) is 153 Å². The van der Waals surface area contributed by atoms with Crippen molar-refractivity contribution in [3.8, 4) is 11.5 Å². The maximum Gasteiger partial charge on any atom is 0.342 e. The lowest BCUT2D eigenvalue weighted by Crippen LogP contribution is -2.64. The number of halogens is 2. The molecule has 1 aromatic rings. The fourth-order valence-electron chi connectivity index (χ4n) is 8.48. The Hall–Kier alpha value is -3.89. The summed E-state index contributed by atoms with van der Waals surface area (Å²) < 4.78 is 48.0. The molecule has 0 aromatic heterocycles. The number of benzene rings is 1. The van der Waals surface area contributed by atoms with Gasteiger partial charge in [-0.05, 0) is 90.5 Å². The molecule has 0 bridgehead atoms. The van der Waals surface area contributed by atoms with Crippen molar-refractivity contribution in [3.63, 3.8) is 0 Å². The van der Waals surface area contributed by atoms with Crippen LogP contribution in [0, 0.1) is 11.8 Å². The van der Waals surface area contributed by atoms with E-state index in [1.54, 1.807) is 53.7 Å². The van der Waals surface area contributed by atoms with Gasteiger partial charge in [0.05, 0.1) is 53.1 Å². The molecule has 14 unspecified atom stereocenters. The summed E-state index contributed by atoms with van der Waals surface area (Å²) in [7, 11) is 1.26. The zero-order chi connectivity index (χ0) is 54.1. The van der Waals surface area contributed by atoms with Crippen molar-refractivity contribution in [2.75, 3.05) is 13.7 Å². The molecule has 0 aliphatic carbocycles. The number of allylic oxidation sites excluding steroid dienone is 4. The molecule has 0 saturated carbocycles. The fraction of sp³-hybridized carbons (Fsp3) is 0.635. The van der Waals surface area contributed by atoms with Gasteiger partial charge in [0.2, 0.25) is 0 Å². The minimum atomic E-state index is -1.55. The van der Waals surface area contributed by atoms with Gasteiger partial charge in [0.1, 0.15) is 41.1 Å². The maximum atomic E-state index is 14.0. The third kappa shape index (κ3) is 14.7. The number of phenolic OH excluding ortho intramolecular Hbond substituents is 2. The largest absolute Gasteiger partial charge is 0.505 e. The van der Waals surface area contributed by atoms with Gasteiger partial charge >= 0.3 is 17.9 Å². The second-order valence-corrected chi connectivity index (χ2v) is 20.1. The summed E-state index contributed by atoms with van der Waals surface area (Å²) in [6.45, 7) is 17.9. The highest BCUT2D eigenvalue weighted by Gasteiger charge is 2.53. The molecular weight excluding hydrogens is 983 g/mol. The first kappa shape index (κ1) is 60.7. The van der Waals surface area contributed by atoms with Crippen molar-refractivity contribution in [3.05, 3.63) is 79.9 Å². The normalized spacial score (nSPS) is 31.5. The van der Waals surface area contributed by atoms with Crippen molar-refractivity contribution in [2.45, 2.75) is 187 Å². The smallest absolute Gasteiger partial charge is 0.342 e. The van der Waals surface area contributed by atoms with Crippen molar-refractivity contribution in [1.29, 1.82) is 0 Å². The van der Waals surface area contributed by atoms with E-state index in [9.17, 15) is 50.1 Å². The van der Waals surface area contributed by atoms with Crippen LogP contribution in [0.15, 0.2) is 58.7 Å². The quantitative estimate of drug-likeness (QED) is 0.0655. The molecule has 20 heteroatoms. The maximum absolute atomic E-state index is 14.0.